The van der Waals surface area contributed by atoms with Crippen LogP contribution in [0.3, 0.4) is 0 Å². The Bertz CT molecular complexity index is 487. The smallest absolute Gasteiger partial charge is 0.236 e. The number of fused-ring (bicyclic) bond motifs is 1. The van der Waals surface area contributed by atoms with Crippen molar-refractivity contribution in [1.29, 1.82) is 0 Å². The minimum atomic E-state index is -0.116. The maximum atomic E-state index is 12.0. The molecule has 0 aliphatic heterocycles. The van der Waals surface area contributed by atoms with Gasteiger partial charge in [0.2, 0.25) is 5.91 Å². The number of carbonyl (C=O) groups excluding carboxylic acids is 1. The van der Waals surface area contributed by atoms with Gasteiger partial charge in [0, 0.05) is 18.1 Å². The number of carbonyl (C=O) groups is 1. The average Bonchev–Trinajstić information content (AvgIpc) is 2.77. The highest BCUT2D eigenvalue weighted by Crippen LogP contribution is 2.26. The number of halogens is 1. The summed E-state index contributed by atoms with van der Waals surface area (Å²) in [6.07, 6.45) is 2.77. The summed E-state index contributed by atoms with van der Waals surface area (Å²) in [5.74, 6) is 0.565. The van der Waals surface area contributed by atoms with Crippen LogP contribution in [0.25, 0.3) is 0 Å². The minimum absolute atomic E-state index is 0.0766. The number of amides is 1. The van der Waals surface area contributed by atoms with E-state index in [1.165, 1.54) is 11.1 Å². The monoisotopic (exact) mass is 294 g/mol. The molecule has 0 spiro atoms. The molecule has 0 saturated carbocycles. The molecule has 2 N–H and O–H groups in total. The lowest BCUT2D eigenvalue weighted by Crippen LogP contribution is -2.48. The van der Waals surface area contributed by atoms with Crippen LogP contribution in [-0.2, 0) is 17.6 Å². The first-order valence-electron chi connectivity index (χ1n) is 7.24. The van der Waals surface area contributed by atoms with Gasteiger partial charge < -0.3 is 10.6 Å². The first-order valence-corrected chi connectivity index (χ1v) is 7.62. The summed E-state index contributed by atoms with van der Waals surface area (Å²) in [6, 6.07) is 6.28. The Morgan fingerprint density at radius 1 is 1.35 bits per heavy atom. The molecule has 4 heteroatoms. The SMILES string of the molecule is CNC(=O)C(CC(C)C)NC1Cc2ccc(Cl)cc2C1. The van der Waals surface area contributed by atoms with E-state index in [1.54, 1.807) is 7.05 Å². The van der Waals surface area contributed by atoms with E-state index in [0.717, 1.165) is 24.3 Å². The van der Waals surface area contributed by atoms with Crippen molar-refractivity contribution in [3.63, 3.8) is 0 Å². The largest absolute Gasteiger partial charge is 0.358 e. The van der Waals surface area contributed by atoms with E-state index in [4.69, 9.17) is 11.6 Å². The van der Waals surface area contributed by atoms with E-state index >= 15 is 0 Å². The lowest BCUT2D eigenvalue weighted by molar-refractivity contribution is -0.123. The highest BCUT2D eigenvalue weighted by molar-refractivity contribution is 6.30. The fourth-order valence-corrected chi connectivity index (χ4v) is 3.08. The second-order valence-electron chi connectivity index (χ2n) is 5.98. The molecule has 1 aliphatic carbocycles. The summed E-state index contributed by atoms with van der Waals surface area (Å²) in [7, 11) is 1.69. The Kier molecular flexibility index (Phi) is 5.06. The van der Waals surface area contributed by atoms with Gasteiger partial charge in [-0.1, -0.05) is 31.5 Å². The highest BCUT2D eigenvalue weighted by Gasteiger charge is 2.27. The molecule has 2 atom stereocenters. The zero-order valence-electron chi connectivity index (χ0n) is 12.4. The van der Waals surface area contributed by atoms with Gasteiger partial charge in [-0.2, -0.15) is 0 Å². The molecule has 0 fully saturated rings. The normalized spacial score (nSPS) is 18.9. The molecule has 110 valence electrons. The lowest BCUT2D eigenvalue weighted by Gasteiger charge is -2.23. The third-order valence-electron chi connectivity index (χ3n) is 3.81. The number of hydrogen-bond acceptors (Lipinski definition) is 2. The van der Waals surface area contributed by atoms with Gasteiger partial charge in [0.05, 0.1) is 6.04 Å². The number of nitrogens with one attached hydrogen (secondary N) is 2. The third kappa shape index (κ3) is 3.74. The van der Waals surface area contributed by atoms with Crippen molar-refractivity contribution >= 4 is 17.5 Å². The van der Waals surface area contributed by atoms with Gasteiger partial charge in [-0.25, -0.2) is 0 Å². The summed E-state index contributed by atoms with van der Waals surface area (Å²) < 4.78 is 0. The van der Waals surface area contributed by atoms with Crippen molar-refractivity contribution in [2.24, 2.45) is 5.92 Å². The van der Waals surface area contributed by atoms with Crippen molar-refractivity contribution in [3.05, 3.63) is 34.3 Å². The van der Waals surface area contributed by atoms with E-state index in [9.17, 15) is 4.79 Å². The molecule has 1 aliphatic rings. The van der Waals surface area contributed by atoms with Gasteiger partial charge in [-0.3, -0.25) is 4.79 Å². The molecule has 0 heterocycles. The number of likely N-dealkylation sites (N-methyl/N-ethyl adjacent to an activating group) is 1. The van der Waals surface area contributed by atoms with E-state index in [1.807, 2.05) is 12.1 Å². The van der Waals surface area contributed by atoms with Crippen molar-refractivity contribution in [2.45, 2.75) is 45.2 Å². The predicted octanol–water partition coefficient (Wildman–Crippen LogP) is 2.56. The second kappa shape index (κ2) is 6.59. The second-order valence-corrected chi connectivity index (χ2v) is 6.42. The summed E-state index contributed by atoms with van der Waals surface area (Å²) in [6.45, 7) is 4.28. The molecule has 0 bridgehead atoms. The van der Waals surface area contributed by atoms with Gasteiger partial charge in [-0.05, 0) is 48.4 Å². The van der Waals surface area contributed by atoms with Crippen molar-refractivity contribution in [3.8, 4) is 0 Å². The lowest BCUT2D eigenvalue weighted by atomic mass is 10.0. The molecule has 0 aromatic heterocycles. The van der Waals surface area contributed by atoms with Crippen LogP contribution in [-0.4, -0.2) is 25.0 Å². The van der Waals surface area contributed by atoms with Crippen molar-refractivity contribution in [2.75, 3.05) is 7.05 Å². The first kappa shape index (κ1) is 15.3. The van der Waals surface area contributed by atoms with Crippen LogP contribution in [0.5, 0.6) is 0 Å². The molecule has 1 aromatic carbocycles. The Morgan fingerprint density at radius 2 is 2.05 bits per heavy atom. The van der Waals surface area contributed by atoms with E-state index in [0.29, 0.717) is 12.0 Å². The van der Waals surface area contributed by atoms with Gasteiger partial charge in [0.1, 0.15) is 0 Å². The van der Waals surface area contributed by atoms with Gasteiger partial charge in [0.15, 0.2) is 0 Å². The van der Waals surface area contributed by atoms with Crippen LogP contribution in [0.15, 0.2) is 18.2 Å². The quantitative estimate of drug-likeness (QED) is 0.876. The molecule has 0 radical (unpaired) electrons. The molecule has 2 unspecified atom stereocenters. The van der Waals surface area contributed by atoms with Crippen LogP contribution >= 0.6 is 11.6 Å². The predicted molar refractivity (Wildman–Crippen MR) is 83.1 cm³/mol. The summed E-state index contributed by atoms with van der Waals surface area (Å²) in [4.78, 5) is 12.0. The molecule has 2 rings (SSSR count). The van der Waals surface area contributed by atoms with Crippen LogP contribution in [0.2, 0.25) is 5.02 Å². The van der Waals surface area contributed by atoms with E-state index in [2.05, 4.69) is 30.5 Å². The molecule has 0 saturated heterocycles. The Hall–Kier alpha value is -1.06. The van der Waals surface area contributed by atoms with Crippen LogP contribution in [0, 0.1) is 5.92 Å². The Labute approximate surface area is 126 Å². The topological polar surface area (TPSA) is 41.1 Å². The van der Waals surface area contributed by atoms with Gasteiger partial charge in [-0.15, -0.1) is 0 Å². The maximum Gasteiger partial charge on any atom is 0.236 e. The zero-order chi connectivity index (χ0) is 14.7. The highest BCUT2D eigenvalue weighted by atomic mass is 35.5. The number of benzene rings is 1. The van der Waals surface area contributed by atoms with E-state index < -0.39 is 0 Å². The summed E-state index contributed by atoms with van der Waals surface area (Å²) in [5.41, 5.74) is 2.64. The van der Waals surface area contributed by atoms with E-state index in [-0.39, 0.29) is 11.9 Å². The van der Waals surface area contributed by atoms with Crippen molar-refractivity contribution < 1.29 is 4.79 Å². The Morgan fingerprint density at radius 3 is 2.70 bits per heavy atom. The molecule has 1 amide bonds. The average molecular weight is 295 g/mol. The molecule has 20 heavy (non-hydrogen) atoms. The van der Waals surface area contributed by atoms with Gasteiger partial charge in [0.25, 0.3) is 0 Å². The fourth-order valence-electron chi connectivity index (χ4n) is 2.89. The standard InChI is InChI=1S/C16H23ClN2O/c1-10(2)6-15(16(20)18-3)19-14-8-11-4-5-13(17)7-12(11)9-14/h4-5,7,10,14-15,19H,6,8-9H2,1-3H3,(H,18,20). The minimum Gasteiger partial charge on any atom is -0.358 e. The Balaban J connectivity index is 2.01. The molecule has 3 nitrogen and oxygen atoms in total. The van der Waals surface area contributed by atoms with Crippen LogP contribution < -0.4 is 10.6 Å². The number of rotatable bonds is 5. The fraction of sp³-hybridized carbons (Fsp3) is 0.562. The van der Waals surface area contributed by atoms with Crippen LogP contribution in [0.1, 0.15) is 31.4 Å². The summed E-state index contributed by atoms with van der Waals surface area (Å²) in [5, 5.41) is 7.05. The number of hydrogen-bond donors (Lipinski definition) is 2. The van der Waals surface area contributed by atoms with Crippen LogP contribution in [0.4, 0.5) is 0 Å². The molecular weight excluding hydrogens is 272 g/mol. The summed E-state index contributed by atoms with van der Waals surface area (Å²) >= 11 is 6.03. The van der Waals surface area contributed by atoms with Crippen molar-refractivity contribution in [1.82, 2.24) is 10.6 Å². The van der Waals surface area contributed by atoms with Gasteiger partial charge >= 0.3 is 0 Å². The molecule has 1 aromatic rings. The molecular formula is C16H23ClN2O. The maximum absolute atomic E-state index is 12.0. The first-order chi connectivity index (χ1) is 9.49. The zero-order valence-corrected chi connectivity index (χ0v) is 13.1. The third-order valence-corrected chi connectivity index (χ3v) is 4.04.